The van der Waals surface area contributed by atoms with Crippen molar-refractivity contribution in [2.75, 3.05) is 20.2 Å². The largest absolute Gasteiger partial charge is 0.469 e. The SMILES string of the molecule is COC(=O)CC(=O)CC1CCN(C(=O)O)CC1. The Morgan fingerprint density at radius 3 is 2.35 bits per heavy atom. The molecule has 96 valence electrons. The summed E-state index contributed by atoms with van der Waals surface area (Å²) in [5, 5.41) is 8.76. The minimum Gasteiger partial charge on any atom is -0.469 e. The molecule has 1 rings (SSSR count). The standard InChI is InChI=1S/C11H17NO5/c1-17-10(14)7-9(13)6-8-2-4-12(5-3-8)11(15)16/h8H,2-7H2,1H3,(H,15,16). The van der Waals surface area contributed by atoms with E-state index >= 15 is 0 Å². The van der Waals surface area contributed by atoms with Gasteiger partial charge >= 0.3 is 12.1 Å². The van der Waals surface area contributed by atoms with Gasteiger partial charge in [-0.05, 0) is 18.8 Å². The van der Waals surface area contributed by atoms with Gasteiger partial charge in [-0.25, -0.2) is 4.79 Å². The van der Waals surface area contributed by atoms with Crippen LogP contribution in [0.4, 0.5) is 4.79 Å². The van der Waals surface area contributed by atoms with Crippen molar-refractivity contribution in [2.45, 2.75) is 25.7 Å². The van der Waals surface area contributed by atoms with E-state index in [1.165, 1.54) is 12.0 Å². The molecule has 0 bridgehead atoms. The Kier molecular flexibility index (Phi) is 4.93. The first-order valence-electron chi connectivity index (χ1n) is 5.59. The van der Waals surface area contributed by atoms with Crippen molar-refractivity contribution in [1.82, 2.24) is 4.90 Å². The van der Waals surface area contributed by atoms with Crippen molar-refractivity contribution >= 4 is 17.8 Å². The van der Waals surface area contributed by atoms with Gasteiger partial charge in [0.05, 0.1) is 7.11 Å². The zero-order valence-electron chi connectivity index (χ0n) is 9.85. The van der Waals surface area contributed by atoms with Gasteiger partial charge in [-0.1, -0.05) is 0 Å². The Hall–Kier alpha value is -1.59. The van der Waals surface area contributed by atoms with Crippen molar-refractivity contribution < 1.29 is 24.2 Å². The van der Waals surface area contributed by atoms with Gasteiger partial charge in [0.25, 0.3) is 0 Å². The molecule has 0 unspecified atom stereocenters. The molecule has 1 heterocycles. The summed E-state index contributed by atoms with van der Waals surface area (Å²) >= 11 is 0. The number of methoxy groups -OCH3 is 1. The number of likely N-dealkylation sites (tertiary alicyclic amines) is 1. The molecule has 6 nitrogen and oxygen atoms in total. The van der Waals surface area contributed by atoms with Crippen molar-refractivity contribution in [3.05, 3.63) is 0 Å². The van der Waals surface area contributed by atoms with Crippen LogP contribution in [0.5, 0.6) is 0 Å². The number of carboxylic acid groups (broad SMARTS) is 1. The Labute approximate surface area is 99.5 Å². The molecular weight excluding hydrogens is 226 g/mol. The number of piperidine rings is 1. The van der Waals surface area contributed by atoms with Crippen LogP contribution < -0.4 is 0 Å². The quantitative estimate of drug-likeness (QED) is 0.585. The molecular formula is C11H17NO5. The van der Waals surface area contributed by atoms with E-state index in [0.29, 0.717) is 32.4 Å². The first-order chi connectivity index (χ1) is 8.02. The van der Waals surface area contributed by atoms with E-state index in [9.17, 15) is 14.4 Å². The van der Waals surface area contributed by atoms with Crippen LogP contribution in [0.15, 0.2) is 0 Å². The van der Waals surface area contributed by atoms with Crippen LogP contribution in [0.25, 0.3) is 0 Å². The van der Waals surface area contributed by atoms with Crippen LogP contribution in [0, 0.1) is 5.92 Å². The highest BCUT2D eigenvalue weighted by atomic mass is 16.5. The van der Waals surface area contributed by atoms with Gasteiger partial charge in [-0.2, -0.15) is 0 Å². The van der Waals surface area contributed by atoms with Crippen LogP contribution in [0.3, 0.4) is 0 Å². The highest BCUT2D eigenvalue weighted by Crippen LogP contribution is 2.21. The van der Waals surface area contributed by atoms with E-state index < -0.39 is 12.1 Å². The van der Waals surface area contributed by atoms with Crippen LogP contribution in [-0.4, -0.2) is 48.1 Å². The number of carbonyl (C=O) groups is 3. The van der Waals surface area contributed by atoms with Gasteiger partial charge in [0, 0.05) is 19.5 Å². The maximum absolute atomic E-state index is 11.5. The van der Waals surface area contributed by atoms with Gasteiger partial charge in [0.1, 0.15) is 12.2 Å². The molecule has 1 fully saturated rings. The number of ketones is 1. The average molecular weight is 243 g/mol. The molecule has 0 aromatic rings. The zero-order chi connectivity index (χ0) is 12.8. The highest BCUT2D eigenvalue weighted by molar-refractivity contribution is 5.95. The van der Waals surface area contributed by atoms with E-state index in [2.05, 4.69) is 4.74 Å². The highest BCUT2D eigenvalue weighted by Gasteiger charge is 2.24. The van der Waals surface area contributed by atoms with Crippen LogP contribution in [0.2, 0.25) is 0 Å². The summed E-state index contributed by atoms with van der Waals surface area (Å²) in [4.78, 5) is 34.4. The van der Waals surface area contributed by atoms with Gasteiger partial charge in [-0.3, -0.25) is 9.59 Å². The molecule has 17 heavy (non-hydrogen) atoms. The van der Waals surface area contributed by atoms with E-state index in [0.717, 1.165) is 0 Å². The summed E-state index contributed by atoms with van der Waals surface area (Å²) < 4.78 is 4.41. The Balaban J connectivity index is 2.28. The number of hydrogen-bond donors (Lipinski definition) is 1. The van der Waals surface area contributed by atoms with Gasteiger partial charge in [0.15, 0.2) is 0 Å². The molecule has 0 aromatic heterocycles. The van der Waals surface area contributed by atoms with Crippen molar-refractivity contribution in [1.29, 1.82) is 0 Å². The predicted molar refractivity (Wildman–Crippen MR) is 58.6 cm³/mol. The number of Topliss-reactive ketones (excluding diaryl/α,β-unsaturated/α-hetero) is 1. The third-order valence-electron chi connectivity index (χ3n) is 2.97. The Morgan fingerprint density at radius 1 is 1.29 bits per heavy atom. The van der Waals surface area contributed by atoms with Crippen molar-refractivity contribution in [3.8, 4) is 0 Å². The minimum absolute atomic E-state index is 0.134. The van der Waals surface area contributed by atoms with E-state index in [4.69, 9.17) is 5.11 Å². The number of hydrogen-bond acceptors (Lipinski definition) is 4. The number of nitrogens with zero attached hydrogens (tertiary/aromatic N) is 1. The fourth-order valence-electron chi connectivity index (χ4n) is 1.96. The number of rotatable bonds is 4. The summed E-state index contributed by atoms with van der Waals surface area (Å²) in [5.74, 6) is -0.466. The molecule has 1 amide bonds. The molecule has 0 aromatic carbocycles. The average Bonchev–Trinajstić information content (AvgIpc) is 2.29. The monoisotopic (exact) mass is 243 g/mol. The topological polar surface area (TPSA) is 83.9 Å². The van der Waals surface area contributed by atoms with Crippen molar-refractivity contribution in [3.63, 3.8) is 0 Å². The fraction of sp³-hybridized carbons (Fsp3) is 0.727. The zero-order valence-corrected chi connectivity index (χ0v) is 9.85. The normalized spacial score (nSPS) is 16.6. The molecule has 0 atom stereocenters. The van der Waals surface area contributed by atoms with Crippen molar-refractivity contribution in [2.24, 2.45) is 5.92 Å². The first kappa shape index (κ1) is 13.5. The molecule has 6 heteroatoms. The minimum atomic E-state index is -0.913. The third-order valence-corrected chi connectivity index (χ3v) is 2.97. The van der Waals surface area contributed by atoms with Gasteiger partial charge < -0.3 is 14.7 Å². The predicted octanol–water partition coefficient (Wildman–Crippen LogP) is 0.899. The maximum Gasteiger partial charge on any atom is 0.407 e. The summed E-state index contributed by atoms with van der Waals surface area (Å²) in [7, 11) is 1.25. The molecule has 1 N–H and O–H groups in total. The summed E-state index contributed by atoms with van der Waals surface area (Å²) in [6.07, 6.45) is 0.598. The summed E-state index contributed by atoms with van der Waals surface area (Å²) in [6, 6.07) is 0. The second kappa shape index (κ2) is 6.22. The molecule has 1 saturated heterocycles. The van der Waals surface area contributed by atoms with Crippen LogP contribution >= 0.6 is 0 Å². The van der Waals surface area contributed by atoms with Gasteiger partial charge in [-0.15, -0.1) is 0 Å². The molecule has 0 aliphatic carbocycles. The molecule has 0 saturated carbocycles. The second-order valence-electron chi connectivity index (χ2n) is 4.21. The lowest BCUT2D eigenvalue weighted by atomic mass is 9.91. The number of carbonyl (C=O) groups excluding carboxylic acids is 2. The van der Waals surface area contributed by atoms with Crippen LogP contribution in [0.1, 0.15) is 25.7 Å². The Bertz CT molecular complexity index is 307. The van der Waals surface area contributed by atoms with E-state index in [1.54, 1.807) is 0 Å². The lowest BCUT2D eigenvalue weighted by Crippen LogP contribution is -2.38. The Morgan fingerprint density at radius 2 is 1.88 bits per heavy atom. The summed E-state index contributed by atoms with van der Waals surface area (Å²) in [6.45, 7) is 0.928. The smallest absolute Gasteiger partial charge is 0.407 e. The summed E-state index contributed by atoms with van der Waals surface area (Å²) in [5.41, 5.74) is 0. The molecule has 1 aliphatic heterocycles. The third kappa shape index (κ3) is 4.42. The van der Waals surface area contributed by atoms with Crippen LogP contribution in [-0.2, 0) is 14.3 Å². The second-order valence-corrected chi connectivity index (χ2v) is 4.21. The molecule has 0 radical (unpaired) electrons. The lowest BCUT2D eigenvalue weighted by molar-refractivity contribution is -0.143. The van der Waals surface area contributed by atoms with E-state index in [-0.39, 0.29) is 18.1 Å². The van der Waals surface area contributed by atoms with E-state index in [1.807, 2.05) is 0 Å². The molecule has 1 aliphatic rings. The maximum atomic E-state index is 11.5. The number of ether oxygens (including phenoxy) is 1. The molecule has 0 spiro atoms. The lowest BCUT2D eigenvalue weighted by Gasteiger charge is -2.29. The van der Waals surface area contributed by atoms with Gasteiger partial charge in [0.2, 0.25) is 0 Å². The fourth-order valence-corrected chi connectivity index (χ4v) is 1.96. The number of esters is 1. The first-order valence-corrected chi connectivity index (χ1v) is 5.59. The number of amides is 1.